The Kier molecular flexibility index (Phi) is 13.5. The smallest absolute Gasteiger partial charge is 0.487 e. The predicted octanol–water partition coefficient (Wildman–Crippen LogP) is 8.78. The van der Waals surface area contributed by atoms with Crippen molar-refractivity contribution in [3.8, 4) is 11.5 Å². The van der Waals surface area contributed by atoms with E-state index in [-0.39, 0.29) is 12.2 Å². The standard InChI is InChI=1S/C35H60O6/c1-23(2)14-11-15-24(3)16-12-17-25(4)18-13-20-35(10)21-19-29-28(7)31(26(5)27(6)32(29)41-35)40-33(37)39-22-30(36)34(8,9)38/h23-25,30,36,38H,11-22H2,1-10H3. The van der Waals surface area contributed by atoms with Gasteiger partial charge in [0.25, 0.3) is 0 Å². The maximum atomic E-state index is 12.4. The summed E-state index contributed by atoms with van der Waals surface area (Å²) in [6, 6.07) is 0. The Morgan fingerprint density at radius 2 is 1.49 bits per heavy atom. The number of fused-ring (bicyclic) bond motifs is 1. The van der Waals surface area contributed by atoms with E-state index < -0.39 is 17.9 Å². The number of aliphatic hydroxyl groups excluding tert-OH is 1. The molecule has 1 aromatic rings. The van der Waals surface area contributed by atoms with Gasteiger partial charge in [-0.2, -0.15) is 0 Å². The van der Waals surface area contributed by atoms with Crippen LogP contribution in [0.3, 0.4) is 0 Å². The highest BCUT2D eigenvalue weighted by Gasteiger charge is 2.35. The van der Waals surface area contributed by atoms with Crippen LogP contribution in [0.25, 0.3) is 0 Å². The lowest BCUT2D eigenvalue weighted by Crippen LogP contribution is -2.40. The summed E-state index contributed by atoms with van der Waals surface area (Å²) >= 11 is 0. The van der Waals surface area contributed by atoms with Crippen LogP contribution in [0.4, 0.5) is 4.79 Å². The van der Waals surface area contributed by atoms with Gasteiger partial charge in [0, 0.05) is 5.56 Å². The van der Waals surface area contributed by atoms with E-state index in [0.29, 0.717) is 5.75 Å². The van der Waals surface area contributed by atoms with Gasteiger partial charge in [-0.05, 0) is 102 Å². The quantitative estimate of drug-likeness (QED) is 0.151. The monoisotopic (exact) mass is 576 g/mol. The topological polar surface area (TPSA) is 85.2 Å². The Hall–Kier alpha value is -1.79. The van der Waals surface area contributed by atoms with E-state index in [0.717, 1.165) is 71.4 Å². The fourth-order valence-electron chi connectivity index (χ4n) is 5.88. The van der Waals surface area contributed by atoms with Crippen molar-refractivity contribution in [3.05, 3.63) is 22.3 Å². The average molecular weight is 577 g/mol. The zero-order valence-corrected chi connectivity index (χ0v) is 27.8. The first-order valence-electron chi connectivity index (χ1n) is 16.1. The molecule has 0 fully saturated rings. The van der Waals surface area contributed by atoms with E-state index in [2.05, 4.69) is 34.6 Å². The molecule has 0 amide bonds. The Bertz CT molecular complexity index is 978. The molecule has 1 aliphatic heterocycles. The van der Waals surface area contributed by atoms with Crippen molar-refractivity contribution in [3.63, 3.8) is 0 Å². The molecule has 0 saturated heterocycles. The number of benzene rings is 1. The number of carbonyl (C=O) groups is 1. The number of hydrogen-bond donors (Lipinski definition) is 2. The van der Waals surface area contributed by atoms with Crippen molar-refractivity contribution in [2.45, 2.75) is 157 Å². The molecule has 0 radical (unpaired) electrons. The second-order valence-electron chi connectivity index (χ2n) is 14.3. The maximum Gasteiger partial charge on any atom is 0.513 e. The van der Waals surface area contributed by atoms with Crippen LogP contribution in [0.2, 0.25) is 0 Å². The molecule has 2 rings (SSSR count). The summed E-state index contributed by atoms with van der Waals surface area (Å²) in [6.07, 6.45) is 11.2. The van der Waals surface area contributed by atoms with Gasteiger partial charge in [0.05, 0.1) is 5.60 Å². The Morgan fingerprint density at radius 1 is 0.927 bits per heavy atom. The Labute approximate surface area is 250 Å². The second-order valence-corrected chi connectivity index (χ2v) is 14.3. The van der Waals surface area contributed by atoms with Crippen LogP contribution in [0.1, 0.15) is 135 Å². The molecule has 1 heterocycles. The molecular weight excluding hydrogens is 516 g/mol. The largest absolute Gasteiger partial charge is 0.513 e. The van der Waals surface area contributed by atoms with Crippen LogP contribution in [-0.4, -0.2) is 40.3 Å². The summed E-state index contributed by atoms with van der Waals surface area (Å²) in [6.45, 7) is 20.2. The number of hydrogen-bond acceptors (Lipinski definition) is 6. The molecule has 0 spiro atoms. The van der Waals surface area contributed by atoms with Crippen LogP contribution in [0.5, 0.6) is 11.5 Å². The predicted molar refractivity (Wildman–Crippen MR) is 167 cm³/mol. The van der Waals surface area contributed by atoms with E-state index in [4.69, 9.17) is 14.2 Å². The number of carbonyl (C=O) groups excluding carboxylic acids is 1. The van der Waals surface area contributed by atoms with Crippen LogP contribution >= 0.6 is 0 Å². The minimum atomic E-state index is -1.37. The first-order valence-corrected chi connectivity index (χ1v) is 16.1. The van der Waals surface area contributed by atoms with Gasteiger partial charge in [-0.15, -0.1) is 0 Å². The first-order chi connectivity index (χ1) is 19.0. The second kappa shape index (κ2) is 15.6. The van der Waals surface area contributed by atoms with Gasteiger partial charge in [-0.25, -0.2) is 4.79 Å². The molecule has 2 N–H and O–H groups in total. The molecule has 1 aromatic carbocycles. The van der Waals surface area contributed by atoms with Crippen LogP contribution in [0, 0.1) is 38.5 Å². The minimum absolute atomic E-state index is 0.199. The number of rotatable bonds is 16. The van der Waals surface area contributed by atoms with Crippen molar-refractivity contribution in [2.75, 3.05) is 6.61 Å². The normalized spacial score (nSPS) is 19.3. The third kappa shape index (κ3) is 11.1. The molecule has 236 valence electrons. The SMILES string of the molecule is Cc1c(C)c2c(c(C)c1OC(=O)OCC(O)C(C)(C)O)CCC(C)(CCCC(C)CCCC(C)CCCC(C)C)O2. The minimum Gasteiger partial charge on any atom is -0.487 e. The van der Waals surface area contributed by atoms with E-state index in [1.54, 1.807) is 0 Å². The van der Waals surface area contributed by atoms with E-state index in [1.807, 2.05) is 20.8 Å². The fraction of sp³-hybridized carbons (Fsp3) is 0.800. The van der Waals surface area contributed by atoms with E-state index in [9.17, 15) is 15.0 Å². The summed E-state index contributed by atoms with van der Waals surface area (Å²) in [4.78, 5) is 12.4. The average Bonchev–Trinajstić information content (AvgIpc) is 2.87. The van der Waals surface area contributed by atoms with Crippen LogP contribution < -0.4 is 9.47 Å². The summed E-state index contributed by atoms with van der Waals surface area (Å²) in [5.41, 5.74) is 2.22. The summed E-state index contributed by atoms with van der Waals surface area (Å²) in [5.74, 6) is 3.81. The first kappa shape index (κ1) is 35.4. The molecule has 4 unspecified atom stereocenters. The zero-order valence-electron chi connectivity index (χ0n) is 27.8. The molecule has 0 saturated carbocycles. The Morgan fingerprint density at radius 3 is 2.05 bits per heavy atom. The lowest BCUT2D eigenvalue weighted by Gasteiger charge is -2.38. The highest BCUT2D eigenvalue weighted by molar-refractivity contribution is 5.68. The molecule has 41 heavy (non-hydrogen) atoms. The summed E-state index contributed by atoms with van der Waals surface area (Å²) in [5, 5.41) is 19.8. The zero-order chi connectivity index (χ0) is 31.0. The van der Waals surface area contributed by atoms with Gasteiger partial charge in [0.2, 0.25) is 0 Å². The van der Waals surface area contributed by atoms with Crippen molar-refractivity contribution >= 4 is 6.16 Å². The van der Waals surface area contributed by atoms with Crippen molar-refractivity contribution in [1.82, 2.24) is 0 Å². The van der Waals surface area contributed by atoms with Crippen molar-refractivity contribution in [1.29, 1.82) is 0 Å². The van der Waals surface area contributed by atoms with Gasteiger partial charge in [-0.3, -0.25) is 0 Å². The molecule has 0 aliphatic carbocycles. The highest BCUT2D eigenvalue weighted by atomic mass is 16.7. The fourth-order valence-corrected chi connectivity index (χ4v) is 5.88. The maximum absolute atomic E-state index is 12.4. The molecule has 1 aliphatic rings. The number of aliphatic hydroxyl groups is 2. The molecule has 0 aromatic heterocycles. The van der Waals surface area contributed by atoms with Crippen LogP contribution in [0.15, 0.2) is 0 Å². The van der Waals surface area contributed by atoms with Gasteiger partial charge in [0.1, 0.15) is 29.8 Å². The van der Waals surface area contributed by atoms with Gasteiger partial charge >= 0.3 is 6.16 Å². The molecule has 4 atom stereocenters. The molecule has 6 heteroatoms. The summed E-state index contributed by atoms with van der Waals surface area (Å²) in [7, 11) is 0. The van der Waals surface area contributed by atoms with E-state index in [1.165, 1.54) is 58.8 Å². The van der Waals surface area contributed by atoms with Gasteiger partial charge in [0.15, 0.2) is 0 Å². The van der Waals surface area contributed by atoms with Gasteiger partial charge in [-0.1, -0.05) is 72.6 Å². The third-order valence-electron chi connectivity index (χ3n) is 9.20. The Balaban J connectivity index is 1.89. The van der Waals surface area contributed by atoms with Crippen LogP contribution in [-0.2, 0) is 11.2 Å². The molecule has 0 bridgehead atoms. The summed E-state index contributed by atoms with van der Waals surface area (Å²) < 4.78 is 17.4. The van der Waals surface area contributed by atoms with Crippen molar-refractivity contribution in [2.24, 2.45) is 17.8 Å². The highest BCUT2D eigenvalue weighted by Crippen LogP contribution is 2.45. The van der Waals surface area contributed by atoms with Crippen molar-refractivity contribution < 1.29 is 29.2 Å². The third-order valence-corrected chi connectivity index (χ3v) is 9.20. The van der Waals surface area contributed by atoms with E-state index >= 15 is 0 Å². The molecule has 6 nitrogen and oxygen atoms in total. The lowest BCUT2D eigenvalue weighted by molar-refractivity contribution is -0.0764. The number of ether oxygens (including phenoxy) is 3. The molecular formula is C35H60O6. The lowest BCUT2D eigenvalue weighted by atomic mass is 9.83. The van der Waals surface area contributed by atoms with Gasteiger partial charge < -0.3 is 24.4 Å².